The van der Waals surface area contributed by atoms with Crippen molar-refractivity contribution in [2.45, 2.75) is 13.0 Å². The van der Waals surface area contributed by atoms with Gasteiger partial charge in [-0.1, -0.05) is 29.8 Å². The Morgan fingerprint density at radius 1 is 1.25 bits per heavy atom. The van der Waals surface area contributed by atoms with E-state index < -0.39 is 11.9 Å². The van der Waals surface area contributed by atoms with E-state index in [0.717, 1.165) is 0 Å². The predicted molar refractivity (Wildman–Crippen MR) is 79.4 cm³/mol. The zero-order valence-electron chi connectivity index (χ0n) is 10.6. The maximum absolute atomic E-state index is 14.2. The molecule has 0 fully saturated rings. The van der Waals surface area contributed by atoms with Crippen molar-refractivity contribution < 1.29 is 8.78 Å². The molecule has 1 atom stereocenters. The van der Waals surface area contributed by atoms with Crippen molar-refractivity contribution in [1.29, 1.82) is 0 Å². The molecule has 0 aliphatic carbocycles. The normalized spacial score (nSPS) is 12.5. The van der Waals surface area contributed by atoms with Crippen LogP contribution in [0.2, 0.25) is 5.02 Å². The van der Waals surface area contributed by atoms with Crippen LogP contribution in [0.1, 0.15) is 22.7 Å². The molecular formula is C14H12BrClF2N2. The first kappa shape index (κ1) is 15.4. The summed E-state index contributed by atoms with van der Waals surface area (Å²) in [6, 6.07) is 7.13. The molecule has 6 heteroatoms. The smallest absolute Gasteiger partial charge is 0.148 e. The highest BCUT2D eigenvalue weighted by atomic mass is 79.9. The van der Waals surface area contributed by atoms with Gasteiger partial charge in [0.2, 0.25) is 0 Å². The molecule has 0 aliphatic rings. The van der Waals surface area contributed by atoms with Crippen LogP contribution < -0.4 is 11.3 Å². The number of rotatable bonds is 3. The van der Waals surface area contributed by atoms with E-state index in [1.165, 1.54) is 6.07 Å². The molecule has 0 aliphatic heterocycles. The fraction of sp³-hybridized carbons (Fsp3) is 0.143. The molecule has 0 amide bonds. The van der Waals surface area contributed by atoms with Crippen LogP contribution in [0.3, 0.4) is 0 Å². The zero-order valence-corrected chi connectivity index (χ0v) is 12.9. The largest absolute Gasteiger partial charge is 0.271 e. The number of nitrogens with one attached hydrogen (secondary N) is 1. The minimum Gasteiger partial charge on any atom is -0.271 e. The Morgan fingerprint density at radius 3 is 2.55 bits per heavy atom. The molecule has 0 bridgehead atoms. The summed E-state index contributed by atoms with van der Waals surface area (Å²) < 4.78 is 28.3. The molecule has 2 nitrogen and oxygen atoms in total. The van der Waals surface area contributed by atoms with Crippen molar-refractivity contribution in [3.05, 3.63) is 68.2 Å². The third-order valence-corrected chi connectivity index (χ3v) is 4.33. The third kappa shape index (κ3) is 2.86. The zero-order chi connectivity index (χ0) is 14.9. The lowest BCUT2D eigenvalue weighted by molar-refractivity contribution is 0.554. The molecule has 0 spiro atoms. The second kappa shape index (κ2) is 6.18. The van der Waals surface area contributed by atoms with Crippen molar-refractivity contribution >= 4 is 27.5 Å². The summed E-state index contributed by atoms with van der Waals surface area (Å²) in [5.74, 6) is 4.53. The lowest BCUT2D eigenvalue weighted by Gasteiger charge is -2.19. The number of hydrazine groups is 1. The van der Waals surface area contributed by atoms with E-state index in [2.05, 4.69) is 21.4 Å². The Balaban J connectivity index is 2.52. The van der Waals surface area contributed by atoms with E-state index in [1.807, 2.05) is 0 Å². The van der Waals surface area contributed by atoms with Crippen LogP contribution >= 0.6 is 27.5 Å². The van der Waals surface area contributed by atoms with E-state index in [9.17, 15) is 8.78 Å². The van der Waals surface area contributed by atoms with Crippen molar-refractivity contribution in [3.63, 3.8) is 0 Å². The van der Waals surface area contributed by atoms with Crippen molar-refractivity contribution in [1.82, 2.24) is 5.43 Å². The van der Waals surface area contributed by atoms with E-state index in [4.69, 9.17) is 17.4 Å². The van der Waals surface area contributed by atoms with Crippen LogP contribution in [0, 0.1) is 18.6 Å². The van der Waals surface area contributed by atoms with E-state index >= 15 is 0 Å². The summed E-state index contributed by atoms with van der Waals surface area (Å²) >= 11 is 9.01. The lowest BCUT2D eigenvalue weighted by Crippen LogP contribution is -2.29. The van der Waals surface area contributed by atoms with Crippen LogP contribution in [0.5, 0.6) is 0 Å². The van der Waals surface area contributed by atoms with Crippen molar-refractivity contribution in [2.24, 2.45) is 5.84 Å². The Hall–Kier alpha value is -1.01. The standard InChI is InChI=1S/C14H12BrClF2N2/c1-7-2-3-8(6-11(7)17)14(20-19)9-4-5-10(15)12(16)13(9)18/h2-6,14,20H,19H2,1H3. The summed E-state index contributed by atoms with van der Waals surface area (Å²) in [6.45, 7) is 1.65. The monoisotopic (exact) mass is 360 g/mol. The second-order valence-electron chi connectivity index (χ2n) is 4.37. The topological polar surface area (TPSA) is 38.0 Å². The highest BCUT2D eigenvalue weighted by Crippen LogP contribution is 2.33. The summed E-state index contributed by atoms with van der Waals surface area (Å²) in [5, 5.41) is -0.0321. The number of benzene rings is 2. The van der Waals surface area contributed by atoms with Gasteiger partial charge in [0, 0.05) is 10.0 Å². The van der Waals surface area contributed by atoms with Crippen LogP contribution in [-0.2, 0) is 0 Å². The lowest BCUT2D eigenvalue weighted by atomic mass is 9.97. The molecule has 3 N–H and O–H groups in total. The molecule has 0 radical (unpaired) electrons. The van der Waals surface area contributed by atoms with Crippen molar-refractivity contribution in [2.75, 3.05) is 0 Å². The molecule has 0 saturated carbocycles. The Labute approximate surface area is 129 Å². The summed E-state index contributed by atoms with van der Waals surface area (Å²) in [4.78, 5) is 0. The van der Waals surface area contributed by atoms with Gasteiger partial charge in [-0.2, -0.15) is 0 Å². The molecule has 0 aromatic heterocycles. The molecule has 2 aromatic carbocycles. The van der Waals surface area contributed by atoms with Gasteiger partial charge in [-0.25, -0.2) is 14.2 Å². The predicted octanol–water partition coefficient (Wildman–Crippen LogP) is 4.24. The quantitative estimate of drug-likeness (QED) is 0.487. The molecule has 1 unspecified atom stereocenters. The molecule has 2 aromatic rings. The maximum Gasteiger partial charge on any atom is 0.148 e. The minimum absolute atomic E-state index is 0.0321. The van der Waals surface area contributed by atoms with E-state index in [-0.39, 0.29) is 16.4 Å². The van der Waals surface area contributed by atoms with Gasteiger partial charge >= 0.3 is 0 Å². The average Bonchev–Trinajstić information content (AvgIpc) is 2.43. The Bertz CT molecular complexity index is 649. The van der Waals surface area contributed by atoms with Gasteiger partial charge in [-0.3, -0.25) is 5.84 Å². The van der Waals surface area contributed by atoms with Gasteiger partial charge < -0.3 is 0 Å². The molecule has 106 valence electrons. The number of halogens is 4. The van der Waals surface area contributed by atoms with Gasteiger partial charge in [0.05, 0.1) is 11.1 Å². The van der Waals surface area contributed by atoms with Crippen LogP contribution in [-0.4, -0.2) is 0 Å². The van der Waals surface area contributed by atoms with Gasteiger partial charge in [0.1, 0.15) is 11.6 Å². The van der Waals surface area contributed by atoms with Gasteiger partial charge in [-0.05, 0) is 46.1 Å². The maximum atomic E-state index is 14.2. The second-order valence-corrected chi connectivity index (χ2v) is 5.61. The highest BCUT2D eigenvalue weighted by molar-refractivity contribution is 9.10. The SMILES string of the molecule is Cc1ccc(C(NN)c2ccc(Br)c(Cl)c2F)cc1F. The summed E-state index contributed by atoms with van der Waals surface area (Å²) in [6.07, 6.45) is 0. The Morgan fingerprint density at radius 2 is 1.95 bits per heavy atom. The number of hydrogen-bond acceptors (Lipinski definition) is 2. The molecule has 0 saturated heterocycles. The third-order valence-electron chi connectivity index (χ3n) is 3.07. The number of hydrogen-bond donors (Lipinski definition) is 2. The fourth-order valence-corrected chi connectivity index (χ4v) is 2.40. The number of aryl methyl sites for hydroxylation is 1. The summed E-state index contributed by atoms with van der Waals surface area (Å²) in [7, 11) is 0. The van der Waals surface area contributed by atoms with Gasteiger partial charge in [0.15, 0.2) is 0 Å². The van der Waals surface area contributed by atoms with Crippen LogP contribution in [0.25, 0.3) is 0 Å². The van der Waals surface area contributed by atoms with E-state index in [1.54, 1.807) is 31.2 Å². The Kier molecular flexibility index (Phi) is 4.75. The molecule has 20 heavy (non-hydrogen) atoms. The molecule has 2 rings (SSSR count). The van der Waals surface area contributed by atoms with Crippen LogP contribution in [0.4, 0.5) is 8.78 Å². The first-order valence-electron chi connectivity index (χ1n) is 5.81. The molecule has 0 heterocycles. The first-order chi connectivity index (χ1) is 9.45. The van der Waals surface area contributed by atoms with Crippen molar-refractivity contribution in [3.8, 4) is 0 Å². The highest BCUT2D eigenvalue weighted by Gasteiger charge is 2.20. The van der Waals surface area contributed by atoms with E-state index in [0.29, 0.717) is 15.6 Å². The minimum atomic E-state index is -0.685. The van der Waals surface area contributed by atoms with Crippen LogP contribution in [0.15, 0.2) is 34.8 Å². The first-order valence-corrected chi connectivity index (χ1v) is 6.98. The van der Waals surface area contributed by atoms with Gasteiger partial charge in [0.25, 0.3) is 0 Å². The number of nitrogens with two attached hydrogens (primary N) is 1. The fourth-order valence-electron chi connectivity index (χ4n) is 1.92. The molecular weight excluding hydrogens is 350 g/mol. The average molecular weight is 362 g/mol. The summed E-state index contributed by atoms with van der Waals surface area (Å²) in [5.41, 5.74) is 3.78. The van der Waals surface area contributed by atoms with Gasteiger partial charge in [-0.15, -0.1) is 0 Å².